The van der Waals surface area contributed by atoms with Gasteiger partial charge in [0.15, 0.2) is 5.89 Å². The molecule has 1 aromatic carbocycles. The lowest BCUT2D eigenvalue weighted by Crippen LogP contribution is -2.40. The molecule has 0 atom stereocenters. The first kappa shape index (κ1) is 18.5. The quantitative estimate of drug-likeness (QED) is 0.647. The maximum Gasteiger partial charge on any atom is 0.304 e. The van der Waals surface area contributed by atoms with Crippen molar-refractivity contribution < 1.29 is 14.3 Å². The van der Waals surface area contributed by atoms with Gasteiger partial charge >= 0.3 is 5.97 Å². The number of imidazole rings is 1. The third kappa shape index (κ3) is 4.17. The highest BCUT2D eigenvalue weighted by atomic mass is 16.4. The van der Waals surface area contributed by atoms with E-state index in [4.69, 9.17) is 14.5 Å². The van der Waals surface area contributed by atoms with Crippen molar-refractivity contribution in [3.8, 4) is 0 Å². The summed E-state index contributed by atoms with van der Waals surface area (Å²) in [6.07, 6.45) is 3.88. The van der Waals surface area contributed by atoms with Gasteiger partial charge in [0.1, 0.15) is 5.76 Å². The van der Waals surface area contributed by atoms with Crippen LogP contribution in [0.3, 0.4) is 0 Å². The summed E-state index contributed by atoms with van der Waals surface area (Å²) in [5, 5.41) is 12.4. The number of anilines is 1. The normalized spacial score (nSPS) is 15.9. The summed E-state index contributed by atoms with van der Waals surface area (Å²) in [6.45, 7) is 4.82. The van der Waals surface area contributed by atoms with Gasteiger partial charge in [0.25, 0.3) is 0 Å². The maximum atomic E-state index is 10.8. The molecule has 0 saturated carbocycles. The highest BCUT2D eigenvalue weighted by Gasteiger charge is 2.22. The molecule has 0 aliphatic carbocycles. The number of carboxylic acids is 1. The predicted molar refractivity (Wildman–Crippen MR) is 105 cm³/mol. The van der Waals surface area contributed by atoms with Crippen molar-refractivity contribution in [2.75, 3.05) is 25.0 Å². The molecule has 2 N–H and O–H groups in total. The van der Waals surface area contributed by atoms with Crippen molar-refractivity contribution >= 4 is 23.0 Å². The second kappa shape index (κ2) is 8.02. The molecule has 2 aromatic heterocycles. The number of para-hydroxylation sites is 2. The Morgan fingerprint density at radius 1 is 1.32 bits per heavy atom. The first-order valence-corrected chi connectivity index (χ1v) is 9.66. The minimum Gasteiger partial charge on any atom is -0.481 e. The summed E-state index contributed by atoms with van der Waals surface area (Å²) in [7, 11) is 0. The average Bonchev–Trinajstić information content (AvgIpc) is 3.25. The number of piperidine rings is 1. The van der Waals surface area contributed by atoms with E-state index >= 15 is 0 Å². The number of aryl methyl sites for hydroxylation is 1. The summed E-state index contributed by atoms with van der Waals surface area (Å²) in [4.78, 5) is 22.0. The second-order valence-corrected chi connectivity index (χ2v) is 7.26. The van der Waals surface area contributed by atoms with Crippen molar-refractivity contribution in [3.05, 3.63) is 42.1 Å². The molecule has 0 radical (unpaired) electrons. The number of oxazole rings is 1. The molecule has 28 heavy (non-hydrogen) atoms. The van der Waals surface area contributed by atoms with E-state index in [0.29, 0.717) is 25.0 Å². The monoisotopic (exact) mass is 383 g/mol. The van der Waals surface area contributed by atoms with Crippen molar-refractivity contribution in [3.63, 3.8) is 0 Å². The Morgan fingerprint density at radius 2 is 2.11 bits per heavy atom. The first-order valence-electron chi connectivity index (χ1n) is 9.66. The summed E-state index contributed by atoms with van der Waals surface area (Å²) in [5.41, 5.74) is 2.00. The molecule has 0 spiro atoms. The molecule has 1 aliphatic heterocycles. The highest BCUT2D eigenvalue weighted by Crippen LogP contribution is 2.24. The number of fused-ring (bicyclic) bond motifs is 1. The van der Waals surface area contributed by atoms with Crippen LogP contribution in [0.25, 0.3) is 11.0 Å². The summed E-state index contributed by atoms with van der Waals surface area (Å²) in [5.74, 6) is 1.55. The molecule has 1 saturated heterocycles. The number of likely N-dealkylation sites (tertiary alicyclic amines) is 1. The van der Waals surface area contributed by atoms with Gasteiger partial charge in [0, 0.05) is 32.6 Å². The van der Waals surface area contributed by atoms with E-state index in [1.165, 1.54) is 0 Å². The summed E-state index contributed by atoms with van der Waals surface area (Å²) >= 11 is 0. The predicted octanol–water partition coefficient (Wildman–Crippen LogP) is 2.73. The molecule has 3 aromatic rings. The van der Waals surface area contributed by atoms with Crippen molar-refractivity contribution in [1.82, 2.24) is 19.4 Å². The van der Waals surface area contributed by atoms with E-state index in [1.54, 1.807) is 6.20 Å². The standard InChI is InChI=1S/C20H25N5O3/c1-14-21-12-16(28-14)13-25-18-5-3-2-4-17(18)23-20(25)22-15-6-9-24(10-7-15)11-8-19(26)27/h2-5,12,15H,6-11,13H2,1H3,(H,22,23)(H,26,27). The minimum absolute atomic E-state index is 0.199. The van der Waals surface area contributed by atoms with Crippen LogP contribution < -0.4 is 5.32 Å². The van der Waals surface area contributed by atoms with Crippen LogP contribution in [0.5, 0.6) is 0 Å². The number of rotatable bonds is 7. The number of nitrogens with zero attached hydrogens (tertiary/aromatic N) is 4. The van der Waals surface area contributed by atoms with E-state index in [0.717, 1.165) is 48.7 Å². The van der Waals surface area contributed by atoms with Crippen LogP contribution in [-0.2, 0) is 11.3 Å². The molecule has 8 heteroatoms. The smallest absolute Gasteiger partial charge is 0.304 e. The third-order valence-corrected chi connectivity index (χ3v) is 5.20. The van der Waals surface area contributed by atoms with Gasteiger partial charge < -0.3 is 24.3 Å². The van der Waals surface area contributed by atoms with Gasteiger partial charge in [-0.2, -0.15) is 0 Å². The van der Waals surface area contributed by atoms with Crippen molar-refractivity contribution in [1.29, 1.82) is 0 Å². The maximum absolute atomic E-state index is 10.8. The fraction of sp³-hybridized carbons (Fsp3) is 0.450. The number of hydrogen-bond donors (Lipinski definition) is 2. The minimum atomic E-state index is -0.739. The van der Waals surface area contributed by atoms with Crippen LogP contribution in [-0.4, -0.2) is 56.2 Å². The zero-order chi connectivity index (χ0) is 19.5. The average molecular weight is 383 g/mol. The number of carbonyl (C=O) groups is 1. The van der Waals surface area contributed by atoms with Crippen LogP contribution >= 0.6 is 0 Å². The molecule has 1 aliphatic rings. The lowest BCUT2D eigenvalue weighted by Gasteiger charge is -2.32. The van der Waals surface area contributed by atoms with Crippen LogP contribution in [0.1, 0.15) is 30.9 Å². The molecular formula is C20H25N5O3. The van der Waals surface area contributed by atoms with Crippen LogP contribution in [0.2, 0.25) is 0 Å². The second-order valence-electron chi connectivity index (χ2n) is 7.26. The molecule has 3 heterocycles. The molecule has 0 unspecified atom stereocenters. The molecule has 0 bridgehead atoms. The zero-order valence-corrected chi connectivity index (χ0v) is 16.0. The van der Waals surface area contributed by atoms with Gasteiger partial charge in [-0.3, -0.25) is 4.79 Å². The Bertz CT molecular complexity index is 956. The molecule has 8 nitrogen and oxygen atoms in total. The van der Waals surface area contributed by atoms with E-state index in [1.807, 2.05) is 25.1 Å². The topological polar surface area (TPSA) is 96.4 Å². The molecule has 148 valence electrons. The van der Waals surface area contributed by atoms with Crippen molar-refractivity contribution in [2.45, 2.75) is 38.8 Å². The molecule has 0 amide bonds. The number of aliphatic carboxylic acids is 1. The number of hydrogen-bond acceptors (Lipinski definition) is 6. The van der Waals surface area contributed by atoms with E-state index in [2.05, 4.69) is 25.8 Å². The third-order valence-electron chi connectivity index (χ3n) is 5.20. The lowest BCUT2D eigenvalue weighted by atomic mass is 10.1. The van der Waals surface area contributed by atoms with E-state index in [9.17, 15) is 4.79 Å². The highest BCUT2D eigenvalue weighted by molar-refractivity contribution is 5.78. The van der Waals surface area contributed by atoms with E-state index < -0.39 is 5.97 Å². The SMILES string of the molecule is Cc1ncc(Cn2c(NC3CCN(CCC(=O)O)CC3)nc3ccccc32)o1. The summed E-state index contributed by atoms with van der Waals surface area (Å²) in [6, 6.07) is 8.38. The fourth-order valence-corrected chi connectivity index (χ4v) is 3.72. The molecular weight excluding hydrogens is 358 g/mol. The number of aromatic nitrogens is 3. The van der Waals surface area contributed by atoms with Gasteiger partial charge in [-0.1, -0.05) is 12.1 Å². The van der Waals surface area contributed by atoms with Gasteiger partial charge in [0.05, 0.1) is 30.2 Å². The fourth-order valence-electron chi connectivity index (χ4n) is 3.72. The number of nitrogens with one attached hydrogen (secondary N) is 1. The number of carboxylic acid groups (broad SMARTS) is 1. The van der Waals surface area contributed by atoms with Crippen molar-refractivity contribution in [2.24, 2.45) is 0 Å². The Morgan fingerprint density at radius 3 is 2.82 bits per heavy atom. The number of benzene rings is 1. The van der Waals surface area contributed by atoms with Gasteiger partial charge in [-0.05, 0) is 25.0 Å². The Labute approximate surface area is 163 Å². The zero-order valence-electron chi connectivity index (χ0n) is 16.0. The Balaban J connectivity index is 1.48. The van der Waals surface area contributed by atoms with Gasteiger partial charge in [-0.25, -0.2) is 9.97 Å². The van der Waals surface area contributed by atoms with Gasteiger partial charge in [0.2, 0.25) is 5.95 Å². The Hall–Kier alpha value is -2.87. The lowest BCUT2D eigenvalue weighted by molar-refractivity contribution is -0.137. The van der Waals surface area contributed by atoms with Gasteiger partial charge in [-0.15, -0.1) is 0 Å². The largest absolute Gasteiger partial charge is 0.481 e. The molecule has 4 rings (SSSR count). The molecule has 1 fully saturated rings. The van der Waals surface area contributed by atoms with E-state index in [-0.39, 0.29) is 6.42 Å². The summed E-state index contributed by atoms with van der Waals surface area (Å²) < 4.78 is 7.80. The first-order chi connectivity index (χ1) is 13.6. The van der Waals surface area contributed by atoms with Crippen LogP contribution in [0.15, 0.2) is 34.9 Å². The van der Waals surface area contributed by atoms with Crippen LogP contribution in [0.4, 0.5) is 5.95 Å². The Kier molecular flexibility index (Phi) is 5.29. The van der Waals surface area contributed by atoms with Crippen LogP contribution in [0, 0.1) is 6.92 Å².